The van der Waals surface area contributed by atoms with E-state index < -0.39 is 76.4 Å². The number of rotatable bonds is 17. The number of nitrogens with zero attached hydrogens (tertiary/aromatic N) is 1. The molecule has 0 aromatic heterocycles. The van der Waals surface area contributed by atoms with Crippen LogP contribution in [0.15, 0.2) is 41.3 Å². The minimum atomic E-state index is -4.34. The normalized spacial score (nSPS) is 13.3. The van der Waals surface area contributed by atoms with Gasteiger partial charge in [-0.15, -0.1) is 11.6 Å². The van der Waals surface area contributed by atoms with Crippen molar-refractivity contribution < 1.29 is 37.5 Å². The average molecular weight is 654 g/mol. The highest BCUT2D eigenvalue weighted by molar-refractivity contribution is 7.89. The number of amides is 2. The van der Waals surface area contributed by atoms with E-state index in [1.54, 1.807) is 24.3 Å². The maximum atomic E-state index is 13.5. The third-order valence-corrected chi connectivity index (χ3v) is 8.21. The van der Waals surface area contributed by atoms with Gasteiger partial charge in [0.15, 0.2) is 11.7 Å². The van der Waals surface area contributed by atoms with Gasteiger partial charge in [-0.1, -0.05) is 24.3 Å². The smallest absolute Gasteiger partial charge is 0.303 e. The number of Topliss-reactive ketones (excluding diaryl/α,β-unsaturated/α-hetero) is 1. The van der Waals surface area contributed by atoms with Crippen molar-refractivity contribution in [1.82, 2.24) is 20.7 Å². The van der Waals surface area contributed by atoms with Crippen LogP contribution in [0.25, 0.3) is 10.8 Å². The number of nitrogens with two attached hydrogens (primary N) is 1. The van der Waals surface area contributed by atoms with Crippen molar-refractivity contribution in [2.45, 2.75) is 48.0 Å². The number of anilines is 1. The summed E-state index contributed by atoms with van der Waals surface area (Å²) < 4.78 is 29.2. The number of hydrogen-bond acceptors (Lipinski definition) is 10. The van der Waals surface area contributed by atoms with E-state index in [1.165, 1.54) is 6.07 Å². The molecule has 0 aliphatic heterocycles. The predicted octanol–water partition coefficient (Wildman–Crippen LogP) is -0.343. The molecule has 15 nitrogen and oxygen atoms in total. The fraction of sp³-hybridized carbons (Fsp3) is 0.407. The lowest BCUT2D eigenvalue weighted by molar-refractivity contribution is -0.137. The van der Waals surface area contributed by atoms with Crippen LogP contribution in [-0.4, -0.2) is 94.0 Å². The number of guanidine groups is 1. The highest BCUT2D eigenvalue weighted by Gasteiger charge is 2.29. The fourth-order valence-electron chi connectivity index (χ4n) is 4.22. The number of carboxylic acids is 1. The Balaban J connectivity index is 2.12. The molecule has 1 unspecified atom stereocenters. The Kier molecular flexibility index (Phi) is 13.7. The second-order valence-electron chi connectivity index (χ2n) is 9.83. The zero-order valence-electron chi connectivity index (χ0n) is 24.1. The van der Waals surface area contributed by atoms with Gasteiger partial charge in [0.1, 0.15) is 17.7 Å². The lowest BCUT2D eigenvalue weighted by Gasteiger charge is -2.21. The van der Waals surface area contributed by atoms with E-state index in [9.17, 15) is 32.4 Å². The van der Waals surface area contributed by atoms with Crippen LogP contribution in [0.5, 0.6) is 0 Å². The van der Waals surface area contributed by atoms with Crippen LogP contribution >= 0.6 is 11.6 Å². The summed E-state index contributed by atoms with van der Waals surface area (Å²) >= 11 is 5.68. The highest BCUT2D eigenvalue weighted by atomic mass is 35.5. The maximum Gasteiger partial charge on any atom is 0.303 e. The van der Waals surface area contributed by atoms with Crippen molar-refractivity contribution in [3.05, 3.63) is 36.4 Å². The molecule has 0 saturated carbocycles. The van der Waals surface area contributed by atoms with Gasteiger partial charge in [0.25, 0.3) is 0 Å². The highest BCUT2D eigenvalue weighted by Crippen LogP contribution is 2.30. The number of benzene rings is 2. The molecule has 2 aromatic carbocycles. The number of alkyl halides is 1. The van der Waals surface area contributed by atoms with Gasteiger partial charge in [0, 0.05) is 43.5 Å². The minimum Gasteiger partial charge on any atom is -0.481 e. The molecule has 8 N–H and O–H groups in total. The molecule has 0 aliphatic carbocycles. The number of hydrogen-bond donors (Lipinski definition) is 7. The number of halogens is 1. The molecule has 0 fully saturated rings. The quantitative estimate of drug-likeness (QED) is 0.0291. The van der Waals surface area contributed by atoms with E-state index in [4.69, 9.17) is 27.9 Å². The number of carbonyl (C=O) groups excluding carboxylic acids is 4. The van der Waals surface area contributed by atoms with Gasteiger partial charge in [-0.3, -0.25) is 29.9 Å². The Bertz CT molecular complexity index is 1500. The van der Waals surface area contributed by atoms with Crippen molar-refractivity contribution >= 4 is 73.9 Å². The molecule has 0 saturated heterocycles. The summed E-state index contributed by atoms with van der Waals surface area (Å²) in [7, 11) is -0.723. The first-order valence-corrected chi connectivity index (χ1v) is 15.3. The molecule has 0 spiro atoms. The van der Waals surface area contributed by atoms with Crippen LogP contribution in [0.1, 0.15) is 25.7 Å². The van der Waals surface area contributed by atoms with E-state index >= 15 is 0 Å². The fourth-order valence-corrected chi connectivity index (χ4v) is 5.83. The average Bonchev–Trinajstić information content (AvgIpc) is 2.98. The number of ketones is 1. The summed E-state index contributed by atoms with van der Waals surface area (Å²) in [6, 6.07) is 7.17. The van der Waals surface area contributed by atoms with Gasteiger partial charge in [-0.05, 0) is 31.4 Å². The Hall–Kier alpha value is -4.12. The Morgan fingerprint density at radius 2 is 1.73 bits per heavy atom. The molecule has 3 atom stereocenters. The first-order chi connectivity index (χ1) is 20.7. The summed E-state index contributed by atoms with van der Waals surface area (Å²) in [6.45, 7) is -0.373. The summed E-state index contributed by atoms with van der Waals surface area (Å²) in [5.74, 6) is -4.12. The lowest BCUT2D eigenvalue weighted by Crippen LogP contribution is -2.51. The molecule has 240 valence electrons. The molecule has 0 heterocycles. The standard InChI is InChI=1S/C27H36ClN7O8S/c1-35(2)21-9-3-7-17-16(21)6-4-10-22(17)44(42,43)34-20(11-12-24(38)39)26(41)33-27(30)31-13-5-8-19(32-23(37)14-29)25(40)18(28)15-36/h3-4,6-7,9-10,15,18-20,34H,5,8,11-14,29H2,1-2H3,(H,32,37)(H,38,39)(H3,30,31,33,41)/t18?,19-,20-/m0/s1. The lowest BCUT2D eigenvalue weighted by atomic mass is 10.0. The molecule has 17 heteroatoms. The molecular weight excluding hydrogens is 618 g/mol. The van der Waals surface area contributed by atoms with E-state index in [2.05, 4.69) is 20.7 Å². The van der Waals surface area contributed by atoms with Crippen LogP contribution in [-0.2, 0) is 34.0 Å². The van der Waals surface area contributed by atoms with E-state index in [0.717, 1.165) is 5.69 Å². The predicted molar refractivity (Wildman–Crippen MR) is 164 cm³/mol. The number of aliphatic carboxylic acids is 1. The zero-order valence-corrected chi connectivity index (χ0v) is 25.7. The Morgan fingerprint density at radius 3 is 2.34 bits per heavy atom. The number of sulfonamides is 1. The van der Waals surface area contributed by atoms with Gasteiger partial charge in [0.05, 0.1) is 17.5 Å². The van der Waals surface area contributed by atoms with Crippen LogP contribution < -0.4 is 31.3 Å². The topological polar surface area (TPSA) is 241 Å². The number of fused-ring (bicyclic) bond motifs is 1. The molecule has 44 heavy (non-hydrogen) atoms. The molecule has 0 bridgehead atoms. The number of nitrogens with one attached hydrogen (secondary N) is 5. The van der Waals surface area contributed by atoms with E-state index in [1.807, 2.05) is 25.1 Å². The van der Waals surface area contributed by atoms with Gasteiger partial charge >= 0.3 is 5.97 Å². The minimum absolute atomic E-state index is 0.0190. The van der Waals surface area contributed by atoms with Gasteiger partial charge in [-0.25, -0.2) is 8.42 Å². The molecular formula is C27H36ClN7O8S. The van der Waals surface area contributed by atoms with Gasteiger partial charge < -0.3 is 31.2 Å². The van der Waals surface area contributed by atoms with Gasteiger partial charge in [-0.2, -0.15) is 4.72 Å². The van der Waals surface area contributed by atoms with E-state index in [0.29, 0.717) is 10.8 Å². The first kappa shape index (κ1) is 36.1. The monoisotopic (exact) mass is 653 g/mol. The van der Waals surface area contributed by atoms with E-state index in [-0.39, 0.29) is 30.6 Å². The first-order valence-electron chi connectivity index (χ1n) is 13.4. The Morgan fingerprint density at radius 1 is 1.07 bits per heavy atom. The summed E-state index contributed by atoms with van der Waals surface area (Å²) in [4.78, 5) is 60.8. The molecule has 2 rings (SSSR count). The summed E-state index contributed by atoms with van der Waals surface area (Å²) in [5.41, 5.74) is 6.03. The third-order valence-electron chi connectivity index (χ3n) is 6.37. The van der Waals surface area contributed by atoms with Crippen LogP contribution in [0, 0.1) is 5.41 Å². The molecule has 0 aliphatic rings. The third kappa shape index (κ3) is 10.3. The molecule has 0 radical (unpaired) electrons. The second kappa shape index (κ2) is 16.7. The molecule has 2 aromatic rings. The van der Waals surface area contributed by atoms with Crippen LogP contribution in [0.3, 0.4) is 0 Å². The molecule has 2 amide bonds. The number of carboxylic acid groups (broad SMARTS) is 1. The Labute approximate surface area is 259 Å². The second-order valence-corrected chi connectivity index (χ2v) is 12.0. The van der Waals surface area contributed by atoms with Crippen molar-refractivity contribution in [2.75, 3.05) is 32.1 Å². The summed E-state index contributed by atoms with van der Waals surface area (Å²) in [5, 5.41) is 23.9. The largest absolute Gasteiger partial charge is 0.481 e. The SMILES string of the molecule is CN(C)c1cccc2c(S(=O)(=O)N[C@@H](CCC(=O)O)C(=O)NC(=N)NCCC[C@H](NC(=O)CN)C(=O)C(Cl)C=O)cccc12. The van der Waals surface area contributed by atoms with Crippen LogP contribution in [0.4, 0.5) is 5.69 Å². The van der Waals surface area contributed by atoms with Crippen molar-refractivity contribution in [3.8, 4) is 0 Å². The van der Waals surface area contributed by atoms with Crippen molar-refractivity contribution in [1.29, 1.82) is 5.41 Å². The van der Waals surface area contributed by atoms with Crippen LogP contribution in [0.2, 0.25) is 0 Å². The summed E-state index contributed by atoms with van der Waals surface area (Å²) in [6.07, 6.45) is -0.508. The van der Waals surface area contributed by atoms with Gasteiger partial charge in [0.2, 0.25) is 21.8 Å². The zero-order chi connectivity index (χ0) is 33.0. The number of aldehydes is 1. The maximum absolute atomic E-state index is 13.5. The van der Waals surface area contributed by atoms with Crippen molar-refractivity contribution in [2.24, 2.45) is 5.73 Å². The number of carbonyl (C=O) groups is 5. The van der Waals surface area contributed by atoms with Crippen molar-refractivity contribution in [3.63, 3.8) is 0 Å².